The van der Waals surface area contributed by atoms with Crippen LogP contribution in [0.5, 0.6) is 0 Å². The summed E-state index contributed by atoms with van der Waals surface area (Å²) < 4.78 is 45.2. The number of aryl methyl sites for hydroxylation is 1. The lowest BCUT2D eigenvalue weighted by Crippen LogP contribution is -2.48. The Bertz CT molecular complexity index is 758. The summed E-state index contributed by atoms with van der Waals surface area (Å²) in [5.41, 5.74) is 0.710. The summed E-state index contributed by atoms with van der Waals surface area (Å²) >= 11 is 0. The van der Waals surface area contributed by atoms with E-state index in [0.29, 0.717) is 18.7 Å². The van der Waals surface area contributed by atoms with Crippen LogP contribution in [0.25, 0.3) is 0 Å². The van der Waals surface area contributed by atoms with Gasteiger partial charge in [-0.25, -0.2) is 4.68 Å². The third-order valence-electron chi connectivity index (χ3n) is 5.64. The van der Waals surface area contributed by atoms with E-state index in [1.54, 1.807) is 22.7 Å². The van der Waals surface area contributed by atoms with Crippen LogP contribution in [0.4, 0.5) is 13.2 Å². The number of alkyl halides is 3. The molecule has 0 spiro atoms. The van der Waals surface area contributed by atoms with Crippen molar-refractivity contribution in [1.29, 1.82) is 0 Å². The van der Waals surface area contributed by atoms with E-state index in [4.69, 9.17) is 4.74 Å². The Morgan fingerprint density at radius 2 is 2.16 bits per heavy atom. The second kappa shape index (κ2) is 11.6. The lowest BCUT2D eigenvalue weighted by atomic mass is 10.0. The number of aliphatic hydroxyl groups is 1. The lowest BCUT2D eigenvalue weighted by molar-refractivity contribution is -0.150. The van der Waals surface area contributed by atoms with Crippen molar-refractivity contribution in [3.05, 3.63) is 11.9 Å². The first-order valence-corrected chi connectivity index (χ1v) is 10.7. The van der Waals surface area contributed by atoms with E-state index in [9.17, 15) is 27.9 Å². The van der Waals surface area contributed by atoms with Gasteiger partial charge in [-0.15, -0.1) is 5.10 Å². The highest BCUT2D eigenvalue weighted by atomic mass is 19.4. The number of carbonyl (C=O) groups excluding carboxylic acids is 2. The van der Waals surface area contributed by atoms with Crippen molar-refractivity contribution in [2.24, 2.45) is 5.92 Å². The highest BCUT2D eigenvalue weighted by molar-refractivity contribution is 5.76. The molecule has 0 fully saturated rings. The average Bonchev–Trinajstić information content (AvgIpc) is 3.17. The fraction of sp³-hybridized carbons (Fsp3) is 0.800. The van der Waals surface area contributed by atoms with Crippen LogP contribution in [0.15, 0.2) is 6.20 Å². The van der Waals surface area contributed by atoms with Crippen molar-refractivity contribution < 1.29 is 32.6 Å². The minimum atomic E-state index is -4.40. The Kier molecular flexibility index (Phi) is 9.44. The van der Waals surface area contributed by atoms with Gasteiger partial charge in [-0.3, -0.25) is 9.59 Å². The Morgan fingerprint density at radius 3 is 2.81 bits per heavy atom. The van der Waals surface area contributed by atoms with Crippen LogP contribution in [-0.2, 0) is 27.5 Å². The Balaban J connectivity index is 2.18. The SMILES string of the molecule is C[C@@H]1CN([C@@H](C)CO)C(=O)CCCn2nncc2CO[C@H]1CN(C)C(=O)CCC(F)(F)F. The van der Waals surface area contributed by atoms with Gasteiger partial charge in [0.1, 0.15) is 0 Å². The van der Waals surface area contributed by atoms with E-state index in [1.165, 1.54) is 11.9 Å². The Morgan fingerprint density at radius 1 is 1.44 bits per heavy atom. The van der Waals surface area contributed by atoms with Gasteiger partial charge in [0.05, 0.1) is 43.7 Å². The van der Waals surface area contributed by atoms with Gasteiger partial charge in [-0.05, 0) is 13.3 Å². The van der Waals surface area contributed by atoms with Gasteiger partial charge in [0.2, 0.25) is 11.8 Å². The normalized spacial score (nSPS) is 22.0. The molecule has 1 aromatic rings. The second-order valence-corrected chi connectivity index (χ2v) is 8.35. The molecule has 2 rings (SSSR count). The predicted octanol–water partition coefficient (Wildman–Crippen LogP) is 1.60. The summed E-state index contributed by atoms with van der Waals surface area (Å²) in [5.74, 6) is -1.00. The molecule has 0 bridgehead atoms. The zero-order chi connectivity index (χ0) is 23.9. The number of nitrogens with zero attached hydrogens (tertiary/aromatic N) is 5. The first-order valence-electron chi connectivity index (χ1n) is 10.7. The monoisotopic (exact) mass is 463 g/mol. The number of rotatable bonds is 6. The average molecular weight is 464 g/mol. The number of amides is 2. The van der Waals surface area contributed by atoms with Crippen LogP contribution >= 0.6 is 0 Å². The summed E-state index contributed by atoms with van der Waals surface area (Å²) in [6.07, 6.45) is -4.38. The van der Waals surface area contributed by atoms with E-state index < -0.39 is 37.1 Å². The molecule has 2 heterocycles. The smallest absolute Gasteiger partial charge is 0.389 e. The van der Waals surface area contributed by atoms with Crippen LogP contribution in [0, 0.1) is 5.92 Å². The molecular weight excluding hydrogens is 431 g/mol. The quantitative estimate of drug-likeness (QED) is 0.688. The van der Waals surface area contributed by atoms with Gasteiger partial charge in [0.25, 0.3) is 0 Å². The second-order valence-electron chi connectivity index (χ2n) is 8.35. The van der Waals surface area contributed by atoms with Gasteiger partial charge >= 0.3 is 6.18 Å². The number of fused-ring (bicyclic) bond motifs is 1. The first-order chi connectivity index (χ1) is 15.0. The van der Waals surface area contributed by atoms with E-state index in [0.717, 1.165) is 0 Å². The standard InChI is InChI=1S/C20H32F3N5O4/c1-14-10-27(15(2)12-29)19(31)5-4-8-28-16(9-24-25-28)13-32-17(14)11-26(3)18(30)6-7-20(21,22)23/h9,14-15,17,29H,4-8,10-13H2,1-3H3/t14-,15+,17+/m1/s1. The fourth-order valence-electron chi connectivity index (χ4n) is 3.56. The van der Waals surface area contributed by atoms with E-state index >= 15 is 0 Å². The van der Waals surface area contributed by atoms with Crippen molar-refractivity contribution >= 4 is 11.8 Å². The number of aromatic nitrogens is 3. The zero-order valence-corrected chi connectivity index (χ0v) is 18.7. The van der Waals surface area contributed by atoms with Gasteiger partial charge < -0.3 is 19.6 Å². The summed E-state index contributed by atoms with van der Waals surface area (Å²) in [6, 6.07) is -0.401. The maximum atomic E-state index is 12.8. The molecule has 9 nitrogen and oxygen atoms in total. The van der Waals surface area contributed by atoms with Crippen molar-refractivity contribution in [3.63, 3.8) is 0 Å². The zero-order valence-electron chi connectivity index (χ0n) is 18.7. The van der Waals surface area contributed by atoms with Crippen LogP contribution < -0.4 is 0 Å². The number of aliphatic hydroxyl groups excluding tert-OH is 1. The minimum absolute atomic E-state index is 0.0644. The highest BCUT2D eigenvalue weighted by Gasteiger charge is 2.31. The van der Waals surface area contributed by atoms with E-state index in [2.05, 4.69) is 10.3 Å². The number of hydrogen-bond acceptors (Lipinski definition) is 6. The maximum absolute atomic E-state index is 12.8. The van der Waals surface area contributed by atoms with Gasteiger partial charge in [-0.2, -0.15) is 13.2 Å². The van der Waals surface area contributed by atoms with Crippen molar-refractivity contribution in [2.75, 3.05) is 26.7 Å². The Hall–Kier alpha value is -2.21. The largest absolute Gasteiger partial charge is 0.394 e. The summed E-state index contributed by atoms with van der Waals surface area (Å²) in [6.45, 7) is 4.38. The Labute approximate surface area is 185 Å². The molecule has 1 N–H and O–H groups in total. The van der Waals surface area contributed by atoms with Gasteiger partial charge in [0, 0.05) is 45.4 Å². The molecule has 1 aliphatic heterocycles. The number of hydrogen-bond donors (Lipinski definition) is 1. The third kappa shape index (κ3) is 7.73. The van der Waals surface area contributed by atoms with Crippen molar-refractivity contribution in [2.45, 2.75) is 71.0 Å². The molecule has 32 heavy (non-hydrogen) atoms. The van der Waals surface area contributed by atoms with Gasteiger partial charge in [0.15, 0.2) is 0 Å². The van der Waals surface area contributed by atoms with Crippen LogP contribution in [0.1, 0.15) is 45.2 Å². The summed E-state index contributed by atoms with van der Waals surface area (Å²) in [4.78, 5) is 27.8. The molecule has 2 amide bonds. The fourth-order valence-corrected chi connectivity index (χ4v) is 3.56. The molecule has 1 aromatic heterocycles. The predicted molar refractivity (Wildman–Crippen MR) is 108 cm³/mol. The summed E-state index contributed by atoms with van der Waals surface area (Å²) in [7, 11) is 1.44. The summed E-state index contributed by atoms with van der Waals surface area (Å²) in [5, 5.41) is 17.5. The molecule has 0 aromatic carbocycles. The number of halogens is 3. The third-order valence-corrected chi connectivity index (χ3v) is 5.64. The van der Waals surface area contributed by atoms with Crippen molar-refractivity contribution in [1.82, 2.24) is 24.8 Å². The van der Waals surface area contributed by atoms with Crippen molar-refractivity contribution in [3.8, 4) is 0 Å². The number of likely N-dealkylation sites (N-methyl/N-ethyl adjacent to an activating group) is 1. The molecule has 0 aliphatic carbocycles. The molecule has 1 aliphatic rings. The van der Waals surface area contributed by atoms with E-state index in [1.807, 2.05) is 6.92 Å². The van der Waals surface area contributed by atoms with Crippen LogP contribution in [0.2, 0.25) is 0 Å². The minimum Gasteiger partial charge on any atom is -0.394 e. The lowest BCUT2D eigenvalue weighted by Gasteiger charge is -2.35. The van der Waals surface area contributed by atoms with Crippen LogP contribution in [-0.4, -0.2) is 86.8 Å². The topological polar surface area (TPSA) is 101 Å². The van der Waals surface area contributed by atoms with E-state index in [-0.39, 0.29) is 44.5 Å². The highest BCUT2D eigenvalue weighted by Crippen LogP contribution is 2.22. The molecule has 182 valence electrons. The molecule has 3 atom stereocenters. The molecule has 0 unspecified atom stereocenters. The molecule has 0 radical (unpaired) electrons. The molecule has 12 heteroatoms. The van der Waals surface area contributed by atoms with Gasteiger partial charge in [-0.1, -0.05) is 12.1 Å². The molecule has 0 saturated heterocycles. The van der Waals surface area contributed by atoms with Crippen LogP contribution in [0.3, 0.4) is 0 Å². The number of carbonyl (C=O) groups is 2. The maximum Gasteiger partial charge on any atom is 0.389 e. The first kappa shape index (κ1) is 26.0. The molecule has 0 saturated carbocycles. The number of ether oxygens (including phenoxy) is 1. The molecular formula is C20H32F3N5O4.